The molecule has 0 heterocycles. The lowest BCUT2D eigenvalue weighted by Gasteiger charge is -2.60. The molecule has 0 aromatic carbocycles. The van der Waals surface area contributed by atoms with Crippen molar-refractivity contribution in [3.63, 3.8) is 0 Å². The molecule has 0 spiro atoms. The van der Waals surface area contributed by atoms with Crippen LogP contribution in [0.3, 0.4) is 0 Å². The number of aliphatic hydroxyl groups is 1. The van der Waals surface area contributed by atoms with Gasteiger partial charge in [-0.15, -0.1) is 0 Å². The van der Waals surface area contributed by atoms with Crippen molar-refractivity contribution >= 4 is 0 Å². The summed E-state index contributed by atoms with van der Waals surface area (Å²) in [6.07, 6.45) is 17.3. The average Bonchev–Trinajstić information content (AvgIpc) is 2.88. The molecule has 6 atom stereocenters. The lowest BCUT2D eigenvalue weighted by molar-refractivity contribution is -0.130. The van der Waals surface area contributed by atoms with Gasteiger partial charge in [0, 0.05) is 6.61 Å². The first kappa shape index (κ1) is 13.4. The highest BCUT2D eigenvalue weighted by atomic mass is 16.3. The molecule has 4 rings (SSSR count). The Bertz CT molecular complexity index is 414. The highest BCUT2D eigenvalue weighted by Crippen LogP contribution is 2.64. The van der Waals surface area contributed by atoms with E-state index in [9.17, 15) is 5.11 Å². The summed E-state index contributed by atoms with van der Waals surface area (Å²) in [4.78, 5) is 0. The van der Waals surface area contributed by atoms with Gasteiger partial charge in [0.15, 0.2) is 0 Å². The molecule has 0 aliphatic heterocycles. The zero-order valence-corrected chi connectivity index (χ0v) is 13.0. The number of hydrogen-bond donors (Lipinski definition) is 1. The van der Waals surface area contributed by atoms with Gasteiger partial charge >= 0.3 is 0 Å². The molecular weight excluding hydrogens is 244 g/mol. The third-order valence-corrected chi connectivity index (χ3v) is 7.90. The molecule has 0 bridgehead atoms. The number of allylic oxidation sites excluding steroid dienone is 2. The quantitative estimate of drug-likeness (QED) is 0.695. The fourth-order valence-electron chi connectivity index (χ4n) is 6.86. The Balaban J connectivity index is 1.67. The van der Waals surface area contributed by atoms with E-state index < -0.39 is 0 Å². The Morgan fingerprint density at radius 1 is 1.05 bits per heavy atom. The van der Waals surface area contributed by atoms with E-state index >= 15 is 0 Å². The van der Waals surface area contributed by atoms with Crippen LogP contribution in [0.1, 0.15) is 64.7 Å². The van der Waals surface area contributed by atoms with Crippen molar-refractivity contribution in [2.45, 2.75) is 64.7 Å². The van der Waals surface area contributed by atoms with Gasteiger partial charge in [0.05, 0.1) is 0 Å². The van der Waals surface area contributed by atoms with Crippen molar-refractivity contribution in [3.8, 4) is 0 Å². The van der Waals surface area contributed by atoms with Crippen LogP contribution in [-0.4, -0.2) is 11.7 Å². The van der Waals surface area contributed by atoms with Gasteiger partial charge in [0.2, 0.25) is 0 Å². The molecule has 4 aliphatic carbocycles. The topological polar surface area (TPSA) is 20.2 Å². The summed E-state index contributed by atoms with van der Waals surface area (Å²) in [6, 6.07) is 0. The Kier molecular flexibility index (Phi) is 3.07. The van der Waals surface area contributed by atoms with Crippen molar-refractivity contribution in [3.05, 3.63) is 12.2 Å². The van der Waals surface area contributed by atoms with E-state index in [4.69, 9.17) is 0 Å². The van der Waals surface area contributed by atoms with Crippen molar-refractivity contribution < 1.29 is 5.11 Å². The fraction of sp³-hybridized carbons (Fsp3) is 0.895. The third kappa shape index (κ3) is 1.65. The minimum atomic E-state index is 0.311. The van der Waals surface area contributed by atoms with Gasteiger partial charge in [-0.05, 0) is 79.4 Å². The van der Waals surface area contributed by atoms with Crippen LogP contribution < -0.4 is 0 Å². The monoisotopic (exact) mass is 274 g/mol. The second-order valence-electron chi connectivity index (χ2n) is 8.47. The smallest absolute Gasteiger partial charge is 0.0492 e. The van der Waals surface area contributed by atoms with Crippen LogP contribution >= 0.6 is 0 Å². The largest absolute Gasteiger partial charge is 0.396 e. The molecule has 4 aliphatic rings. The highest BCUT2D eigenvalue weighted by Gasteiger charge is 2.57. The van der Waals surface area contributed by atoms with E-state index in [1.165, 1.54) is 57.8 Å². The van der Waals surface area contributed by atoms with E-state index in [2.05, 4.69) is 19.1 Å². The Labute approximate surface area is 123 Å². The van der Waals surface area contributed by atoms with E-state index in [0.29, 0.717) is 17.4 Å². The zero-order valence-electron chi connectivity index (χ0n) is 13.0. The summed E-state index contributed by atoms with van der Waals surface area (Å²) in [6.45, 7) is 2.96. The van der Waals surface area contributed by atoms with Crippen LogP contribution in [0.25, 0.3) is 0 Å². The van der Waals surface area contributed by atoms with Crippen LogP contribution in [-0.2, 0) is 0 Å². The van der Waals surface area contributed by atoms with Crippen LogP contribution in [0.4, 0.5) is 0 Å². The Morgan fingerprint density at radius 2 is 1.95 bits per heavy atom. The van der Waals surface area contributed by atoms with Gasteiger partial charge in [-0.1, -0.05) is 31.9 Å². The van der Waals surface area contributed by atoms with Gasteiger partial charge < -0.3 is 5.11 Å². The van der Waals surface area contributed by atoms with Gasteiger partial charge in [-0.25, -0.2) is 0 Å². The third-order valence-electron chi connectivity index (χ3n) is 7.90. The molecule has 3 saturated carbocycles. The normalized spacial score (nSPS) is 54.1. The van der Waals surface area contributed by atoms with Crippen LogP contribution in [0, 0.1) is 34.5 Å². The van der Waals surface area contributed by atoms with E-state index in [1.54, 1.807) is 0 Å². The molecule has 1 unspecified atom stereocenters. The second kappa shape index (κ2) is 4.60. The first-order valence-electron chi connectivity index (χ1n) is 8.98. The molecule has 3 fully saturated rings. The van der Waals surface area contributed by atoms with E-state index in [1.807, 2.05) is 0 Å². The van der Waals surface area contributed by atoms with Gasteiger partial charge in [0.1, 0.15) is 0 Å². The van der Waals surface area contributed by atoms with Crippen molar-refractivity contribution in [1.29, 1.82) is 0 Å². The molecule has 1 nitrogen and oxygen atoms in total. The molecule has 0 aromatic heterocycles. The standard InChI is InChI=1S/C19H30O/c1-18-10-4-6-16(18)15-8-7-14-5-2-3-11-19(14,13-20)17(15)9-12-18/h4,10,14-17,20H,2-3,5-9,11-13H2,1H3/t14?,15-,16-,17-,18-,19+/m0/s1. The molecular formula is C19H30O. The van der Waals surface area contributed by atoms with Crippen molar-refractivity contribution in [1.82, 2.24) is 0 Å². The maximum Gasteiger partial charge on any atom is 0.0492 e. The SMILES string of the molecule is C[C@@]12C=CC[C@H]1[C@@H]1CCC3CCCC[C@]3(CO)[C@H]1CC2. The predicted molar refractivity (Wildman–Crippen MR) is 82.3 cm³/mol. The lowest BCUT2D eigenvalue weighted by Crippen LogP contribution is -2.54. The summed E-state index contributed by atoms with van der Waals surface area (Å²) in [5.41, 5.74) is 0.796. The number of hydrogen-bond acceptors (Lipinski definition) is 1. The molecule has 0 amide bonds. The molecule has 1 N–H and O–H groups in total. The van der Waals surface area contributed by atoms with E-state index in [-0.39, 0.29) is 0 Å². The minimum absolute atomic E-state index is 0.311. The van der Waals surface area contributed by atoms with Crippen LogP contribution in [0.2, 0.25) is 0 Å². The van der Waals surface area contributed by atoms with Crippen molar-refractivity contribution in [2.75, 3.05) is 6.61 Å². The first-order chi connectivity index (χ1) is 9.70. The maximum absolute atomic E-state index is 10.3. The molecule has 112 valence electrons. The molecule has 0 radical (unpaired) electrons. The zero-order chi connectivity index (χ0) is 13.8. The fourth-order valence-corrected chi connectivity index (χ4v) is 6.86. The number of fused-ring (bicyclic) bond motifs is 5. The van der Waals surface area contributed by atoms with Gasteiger partial charge in [-0.3, -0.25) is 0 Å². The lowest BCUT2D eigenvalue weighted by atomic mass is 9.45. The van der Waals surface area contributed by atoms with Crippen LogP contribution in [0.5, 0.6) is 0 Å². The number of aliphatic hydroxyl groups excluding tert-OH is 1. The molecule has 0 aromatic rings. The summed E-state index contributed by atoms with van der Waals surface area (Å²) in [7, 11) is 0. The van der Waals surface area contributed by atoms with Gasteiger partial charge in [0.25, 0.3) is 0 Å². The molecule has 20 heavy (non-hydrogen) atoms. The summed E-state index contributed by atoms with van der Waals surface area (Å²) >= 11 is 0. The molecule has 1 heteroatoms. The predicted octanol–water partition coefficient (Wildman–Crippen LogP) is 4.56. The number of rotatable bonds is 1. The van der Waals surface area contributed by atoms with Crippen LogP contribution in [0.15, 0.2) is 12.2 Å². The second-order valence-corrected chi connectivity index (χ2v) is 8.47. The average molecular weight is 274 g/mol. The molecule has 0 saturated heterocycles. The Morgan fingerprint density at radius 3 is 2.80 bits per heavy atom. The highest BCUT2D eigenvalue weighted by molar-refractivity contribution is 5.16. The Hall–Kier alpha value is -0.300. The van der Waals surface area contributed by atoms with Crippen molar-refractivity contribution in [2.24, 2.45) is 34.5 Å². The summed E-state index contributed by atoms with van der Waals surface area (Å²) in [5, 5.41) is 10.3. The summed E-state index contributed by atoms with van der Waals surface area (Å²) in [5.74, 6) is 3.43. The minimum Gasteiger partial charge on any atom is -0.396 e. The van der Waals surface area contributed by atoms with Gasteiger partial charge in [-0.2, -0.15) is 0 Å². The van der Waals surface area contributed by atoms with E-state index in [0.717, 1.165) is 23.7 Å². The maximum atomic E-state index is 10.3. The first-order valence-corrected chi connectivity index (χ1v) is 8.98. The summed E-state index contributed by atoms with van der Waals surface area (Å²) < 4.78 is 0.